The Morgan fingerprint density at radius 1 is 0.750 bits per heavy atom. The summed E-state index contributed by atoms with van der Waals surface area (Å²) in [7, 11) is 0. The molecule has 0 amide bonds. The van der Waals surface area contributed by atoms with Gasteiger partial charge in [0.25, 0.3) is 0 Å². The second kappa shape index (κ2) is 8.60. The molecule has 0 saturated heterocycles. The van der Waals surface area contributed by atoms with Crippen LogP contribution in [-0.2, 0) is 6.61 Å². The summed E-state index contributed by atoms with van der Waals surface area (Å²) in [5.74, 6) is 0.293. The number of aromatic hydroxyl groups is 1. The summed E-state index contributed by atoms with van der Waals surface area (Å²) in [6.45, 7) is 9.55. The second-order valence-corrected chi connectivity index (χ2v) is 10.8. The molecule has 0 bridgehead atoms. The van der Waals surface area contributed by atoms with Crippen molar-refractivity contribution in [1.82, 2.24) is 0 Å². The molecule has 3 aromatic rings. The predicted octanol–water partition coefficient (Wildman–Crippen LogP) is 7.59. The topological polar surface area (TPSA) is 40.5 Å². The summed E-state index contributed by atoms with van der Waals surface area (Å²) in [5, 5.41) is 19.3. The van der Waals surface area contributed by atoms with Gasteiger partial charge in [-0.1, -0.05) is 87.9 Å². The Kier molecular flexibility index (Phi) is 6.01. The van der Waals surface area contributed by atoms with Crippen LogP contribution < -0.4 is 0 Å². The number of hydrogen-bond acceptors (Lipinski definition) is 2. The number of hydrogen-bond donors (Lipinski definition) is 2. The third-order valence-corrected chi connectivity index (χ3v) is 6.47. The van der Waals surface area contributed by atoms with Crippen LogP contribution in [0.15, 0.2) is 78.4 Å². The van der Waals surface area contributed by atoms with E-state index in [-0.39, 0.29) is 17.4 Å². The predicted molar refractivity (Wildman–Crippen MR) is 133 cm³/mol. The minimum atomic E-state index is 0.0502. The third-order valence-electron chi connectivity index (χ3n) is 6.47. The molecule has 0 aromatic heterocycles. The van der Waals surface area contributed by atoms with Crippen LogP contribution in [-0.4, -0.2) is 10.2 Å². The lowest BCUT2D eigenvalue weighted by atomic mass is 9.62. The second-order valence-electron chi connectivity index (χ2n) is 10.8. The maximum absolute atomic E-state index is 9.86. The van der Waals surface area contributed by atoms with Crippen LogP contribution in [0, 0.1) is 10.8 Å². The third kappa shape index (κ3) is 4.97. The molecule has 3 aromatic carbocycles. The number of phenols is 1. The van der Waals surface area contributed by atoms with Crippen molar-refractivity contribution in [1.29, 1.82) is 0 Å². The minimum absolute atomic E-state index is 0.0502. The molecule has 0 heterocycles. The van der Waals surface area contributed by atoms with Crippen molar-refractivity contribution < 1.29 is 10.2 Å². The van der Waals surface area contributed by atoms with Crippen molar-refractivity contribution in [2.75, 3.05) is 0 Å². The van der Waals surface area contributed by atoms with Gasteiger partial charge in [-0.05, 0) is 81.7 Å². The molecule has 1 aliphatic carbocycles. The van der Waals surface area contributed by atoms with Gasteiger partial charge in [0.05, 0.1) is 6.61 Å². The van der Waals surface area contributed by atoms with Gasteiger partial charge in [-0.25, -0.2) is 0 Å². The van der Waals surface area contributed by atoms with Crippen LogP contribution >= 0.6 is 0 Å². The van der Waals surface area contributed by atoms with E-state index in [0.29, 0.717) is 5.75 Å². The monoisotopic (exact) mass is 426 g/mol. The molecular weight excluding hydrogens is 392 g/mol. The molecule has 1 saturated carbocycles. The molecule has 1 aliphatic rings. The number of phenolic OH excluding ortho intramolecular Hbond substituents is 1. The first kappa shape index (κ1) is 22.4. The summed E-state index contributed by atoms with van der Waals surface area (Å²) < 4.78 is 0. The molecule has 32 heavy (non-hydrogen) atoms. The van der Waals surface area contributed by atoms with Crippen molar-refractivity contribution >= 4 is 5.57 Å². The SMILES string of the molecule is CC1(C)CC(=C(c2ccc(O)cc2)c2ccc(-c3cccc(CO)c3)cc2)CC(C)(C)C1. The fourth-order valence-corrected chi connectivity index (χ4v) is 5.70. The van der Waals surface area contributed by atoms with Crippen LogP contribution in [0.25, 0.3) is 16.7 Å². The number of aliphatic hydroxyl groups excluding tert-OH is 1. The van der Waals surface area contributed by atoms with Crippen molar-refractivity contribution in [3.05, 3.63) is 95.1 Å². The van der Waals surface area contributed by atoms with Gasteiger partial charge < -0.3 is 10.2 Å². The Bertz CT molecular complexity index is 1100. The van der Waals surface area contributed by atoms with E-state index in [1.54, 1.807) is 12.1 Å². The van der Waals surface area contributed by atoms with E-state index in [4.69, 9.17) is 0 Å². The van der Waals surface area contributed by atoms with Gasteiger partial charge in [0.2, 0.25) is 0 Å². The molecular formula is C30H34O2. The van der Waals surface area contributed by atoms with Gasteiger partial charge in [-0.15, -0.1) is 0 Å². The Labute approximate surface area is 192 Å². The summed E-state index contributed by atoms with van der Waals surface area (Å²) in [6.07, 6.45) is 3.37. The van der Waals surface area contributed by atoms with E-state index in [0.717, 1.165) is 35.1 Å². The average Bonchev–Trinajstić information content (AvgIpc) is 2.74. The van der Waals surface area contributed by atoms with E-state index in [1.807, 2.05) is 30.3 Å². The molecule has 4 rings (SSSR count). The van der Waals surface area contributed by atoms with Crippen molar-refractivity contribution in [2.45, 2.75) is 53.6 Å². The molecule has 0 radical (unpaired) electrons. The number of benzene rings is 3. The summed E-state index contributed by atoms with van der Waals surface area (Å²) in [4.78, 5) is 0. The molecule has 1 fully saturated rings. The standard InChI is InChI=1S/C30H34O2/c1-29(2)17-26(18-30(3,4)20-29)28(24-12-14-27(32)15-13-24)23-10-8-22(9-11-23)25-7-5-6-21(16-25)19-31/h5-16,31-32H,17-20H2,1-4H3. The highest BCUT2D eigenvalue weighted by Gasteiger charge is 2.37. The number of rotatable bonds is 4. The molecule has 2 heteroatoms. The Hall–Kier alpha value is -2.84. The number of allylic oxidation sites excluding steroid dienone is 1. The van der Waals surface area contributed by atoms with E-state index in [9.17, 15) is 10.2 Å². The lowest BCUT2D eigenvalue weighted by Gasteiger charge is -2.43. The zero-order chi connectivity index (χ0) is 22.9. The van der Waals surface area contributed by atoms with Gasteiger partial charge in [0, 0.05) is 0 Å². The fraction of sp³-hybridized carbons (Fsp3) is 0.333. The van der Waals surface area contributed by atoms with E-state index >= 15 is 0 Å². The van der Waals surface area contributed by atoms with E-state index < -0.39 is 0 Å². The van der Waals surface area contributed by atoms with Gasteiger partial charge in [-0.3, -0.25) is 0 Å². The van der Waals surface area contributed by atoms with Crippen molar-refractivity contribution in [3.63, 3.8) is 0 Å². The van der Waals surface area contributed by atoms with Crippen LogP contribution in [0.3, 0.4) is 0 Å². The smallest absolute Gasteiger partial charge is 0.115 e. The van der Waals surface area contributed by atoms with Gasteiger partial charge in [-0.2, -0.15) is 0 Å². The zero-order valence-corrected chi connectivity index (χ0v) is 19.7. The first-order valence-electron chi connectivity index (χ1n) is 11.5. The van der Waals surface area contributed by atoms with E-state index in [2.05, 4.69) is 58.0 Å². The molecule has 0 aliphatic heterocycles. The average molecular weight is 427 g/mol. The Morgan fingerprint density at radius 3 is 1.88 bits per heavy atom. The van der Waals surface area contributed by atoms with Crippen LogP contribution in [0.5, 0.6) is 5.75 Å². The summed E-state index contributed by atoms with van der Waals surface area (Å²) in [6, 6.07) is 24.5. The fourth-order valence-electron chi connectivity index (χ4n) is 5.70. The summed E-state index contributed by atoms with van der Waals surface area (Å²) in [5.41, 5.74) is 8.83. The van der Waals surface area contributed by atoms with Gasteiger partial charge in [0.1, 0.15) is 5.75 Å². The Balaban J connectivity index is 1.81. The zero-order valence-electron chi connectivity index (χ0n) is 19.7. The first-order chi connectivity index (χ1) is 15.2. The van der Waals surface area contributed by atoms with Crippen LogP contribution in [0.4, 0.5) is 0 Å². The van der Waals surface area contributed by atoms with Crippen LogP contribution in [0.1, 0.15) is 63.6 Å². The van der Waals surface area contributed by atoms with E-state index in [1.165, 1.54) is 23.1 Å². The number of aliphatic hydroxyl groups is 1. The quantitative estimate of drug-likeness (QED) is 0.451. The minimum Gasteiger partial charge on any atom is -0.508 e. The molecule has 2 N–H and O–H groups in total. The Morgan fingerprint density at radius 2 is 1.31 bits per heavy atom. The van der Waals surface area contributed by atoms with Crippen LogP contribution in [0.2, 0.25) is 0 Å². The highest BCUT2D eigenvalue weighted by molar-refractivity contribution is 5.83. The van der Waals surface area contributed by atoms with Gasteiger partial charge >= 0.3 is 0 Å². The maximum atomic E-state index is 9.86. The van der Waals surface area contributed by atoms with Gasteiger partial charge in [0.15, 0.2) is 0 Å². The molecule has 0 unspecified atom stereocenters. The first-order valence-corrected chi connectivity index (χ1v) is 11.5. The van der Waals surface area contributed by atoms with Crippen molar-refractivity contribution in [3.8, 4) is 16.9 Å². The molecule has 2 nitrogen and oxygen atoms in total. The lowest BCUT2D eigenvalue weighted by molar-refractivity contribution is 0.154. The highest BCUT2D eigenvalue weighted by atomic mass is 16.3. The molecule has 0 spiro atoms. The summed E-state index contributed by atoms with van der Waals surface area (Å²) >= 11 is 0. The molecule has 0 atom stereocenters. The van der Waals surface area contributed by atoms with Crippen molar-refractivity contribution in [2.24, 2.45) is 10.8 Å². The highest BCUT2D eigenvalue weighted by Crippen LogP contribution is 2.51. The normalized spacial score (nSPS) is 17.2. The lowest BCUT2D eigenvalue weighted by Crippen LogP contribution is -2.30. The molecule has 166 valence electrons. The largest absolute Gasteiger partial charge is 0.508 e. The maximum Gasteiger partial charge on any atom is 0.115 e.